The Kier molecular flexibility index (Phi) is 6.86. The van der Waals surface area contributed by atoms with Gasteiger partial charge in [-0.2, -0.15) is 0 Å². The highest BCUT2D eigenvalue weighted by Crippen LogP contribution is 2.25. The summed E-state index contributed by atoms with van der Waals surface area (Å²) in [6.45, 7) is 3.72. The monoisotopic (exact) mass is 315 g/mol. The molecule has 1 nitrogen and oxygen atoms in total. The normalized spacial score (nSPS) is 12.4. The highest BCUT2D eigenvalue weighted by Gasteiger charge is 2.07. The standard InChI is InChI=1S/C14H19BrClN/c1-2-3-4-5-6-7-14(17)11-8-12(15)10-13(16)9-11/h2,8-10,14H,1,3-7,17H2. The second-order valence-electron chi connectivity index (χ2n) is 4.24. The van der Waals surface area contributed by atoms with Crippen molar-refractivity contribution in [3.8, 4) is 0 Å². The van der Waals surface area contributed by atoms with Crippen LogP contribution in [-0.2, 0) is 0 Å². The first-order valence-corrected chi connectivity index (χ1v) is 7.13. The second-order valence-corrected chi connectivity index (χ2v) is 5.59. The Balaban J connectivity index is 2.40. The molecule has 0 aliphatic heterocycles. The Morgan fingerprint density at radius 3 is 2.71 bits per heavy atom. The molecule has 0 saturated carbocycles. The molecule has 0 spiro atoms. The average molecular weight is 317 g/mol. The third-order valence-corrected chi connectivity index (χ3v) is 3.41. The molecular formula is C14H19BrClN. The molecule has 0 amide bonds. The zero-order valence-corrected chi connectivity index (χ0v) is 12.3. The molecule has 0 saturated heterocycles. The van der Waals surface area contributed by atoms with Crippen molar-refractivity contribution in [1.82, 2.24) is 0 Å². The van der Waals surface area contributed by atoms with Crippen molar-refractivity contribution in [1.29, 1.82) is 0 Å². The minimum Gasteiger partial charge on any atom is -0.324 e. The van der Waals surface area contributed by atoms with Crippen LogP contribution in [0.3, 0.4) is 0 Å². The lowest BCUT2D eigenvalue weighted by atomic mass is 10.0. The molecule has 94 valence electrons. The van der Waals surface area contributed by atoms with E-state index in [0.29, 0.717) is 0 Å². The number of hydrogen-bond acceptors (Lipinski definition) is 1. The van der Waals surface area contributed by atoms with Gasteiger partial charge in [0.25, 0.3) is 0 Å². The second kappa shape index (κ2) is 7.91. The Hall–Kier alpha value is -0.310. The maximum absolute atomic E-state index is 6.15. The summed E-state index contributed by atoms with van der Waals surface area (Å²) in [5.74, 6) is 0. The van der Waals surface area contributed by atoms with E-state index < -0.39 is 0 Å². The van der Waals surface area contributed by atoms with Crippen LogP contribution in [0.25, 0.3) is 0 Å². The number of allylic oxidation sites excluding steroid dienone is 1. The molecule has 2 N–H and O–H groups in total. The minimum atomic E-state index is 0.0775. The predicted octanol–water partition coefficient (Wildman–Crippen LogP) is 5.24. The number of hydrogen-bond donors (Lipinski definition) is 1. The van der Waals surface area contributed by atoms with Gasteiger partial charge in [-0.1, -0.05) is 46.4 Å². The summed E-state index contributed by atoms with van der Waals surface area (Å²) in [6, 6.07) is 5.94. The highest BCUT2D eigenvalue weighted by molar-refractivity contribution is 9.10. The van der Waals surface area contributed by atoms with Gasteiger partial charge < -0.3 is 5.73 Å². The molecule has 1 unspecified atom stereocenters. The van der Waals surface area contributed by atoms with Crippen molar-refractivity contribution in [2.75, 3.05) is 0 Å². The van der Waals surface area contributed by atoms with E-state index in [9.17, 15) is 0 Å². The highest BCUT2D eigenvalue weighted by atomic mass is 79.9. The number of halogens is 2. The van der Waals surface area contributed by atoms with E-state index in [1.807, 2.05) is 24.3 Å². The molecule has 1 rings (SSSR count). The van der Waals surface area contributed by atoms with Crippen LogP contribution in [0.4, 0.5) is 0 Å². The van der Waals surface area contributed by atoms with Gasteiger partial charge in [0, 0.05) is 15.5 Å². The van der Waals surface area contributed by atoms with Gasteiger partial charge in [0.15, 0.2) is 0 Å². The van der Waals surface area contributed by atoms with Gasteiger partial charge in [-0.15, -0.1) is 6.58 Å². The fourth-order valence-corrected chi connectivity index (χ4v) is 2.67. The number of benzene rings is 1. The number of nitrogens with two attached hydrogens (primary N) is 1. The van der Waals surface area contributed by atoms with Crippen molar-refractivity contribution in [3.63, 3.8) is 0 Å². The lowest BCUT2D eigenvalue weighted by Gasteiger charge is -2.12. The molecule has 0 aromatic heterocycles. The third kappa shape index (κ3) is 5.71. The molecular weight excluding hydrogens is 298 g/mol. The van der Waals surface area contributed by atoms with Crippen molar-refractivity contribution < 1.29 is 0 Å². The lowest BCUT2D eigenvalue weighted by molar-refractivity contribution is 0.572. The lowest BCUT2D eigenvalue weighted by Crippen LogP contribution is -2.10. The van der Waals surface area contributed by atoms with E-state index in [0.717, 1.165) is 34.3 Å². The Morgan fingerprint density at radius 2 is 2.06 bits per heavy atom. The van der Waals surface area contributed by atoms with Crippen LogP contribution in [0.2, 0.25) is 5.02 Å². The van der Waals surface area contributed by atoms with Crippen molar-refractivity contribution >= 4 is 27.5 Å². The van der Waals surface area contributed by atoms with Gasteiger partial charge in [0.2, 0.25) is 0 Å². The first-order valence-electron chi connectivity index (χ1n) is 5.96. The maximum Gasteiger partial charge on any atom is 0.0420 e. The topological polar surface area (TPSA) is 26.0 Å². The van der Waals surface area contributed by atoms with Crippen molar-refractivity contribution in [2.24, 2.45) is 5.73 Å². The van der Waals surface area contributed by atoms with Crippen LogP contribution in [-0.4, -0.2) is 0 Å². The molecule has 0 aliphatic rings. The molecule has 0 heterocycles. The van der Waals surface area contributed by atoms with E-state index in [4.69, 9.17) is 17.3 Å². The van der Waals surface area contributed by atoms with Crippen LogP contribution in [0, 0.1) is 0 Å². The third-order valence-electron chi connectivity index (χ3n) is 2.74. The van der Waals surface area contributed by atoms with Crippen LogP contribution < -0.4 is 5.73 Å². The summed E-state index contributed by atoms with van der Waals surface area (Å²) in [7, 11) is 0. The molecule has 0 bridgehead atoms. The minimum absolute atomic E-state index is 0.0775. The first-order chi connectivity index (χ1) is 8.13. The zero-order valence-electron chi connectivity index (χ0n) is 9.96. The number of unbranched alkanes of at least 4 members (excludes halogenated alkanes) is 3. The van der Waals surface area contributed by atoms with E-state index >= 15 is 0 Å². The van der Waals surface area contributed by atoms with Crippen LogP contribution in [0.1, 0.15) is 43.7 Å². The Labute approximate surface area is 117 Å². The van der Waals surface area contributed by atoms with E-state index in [2.05, 4.69) is 22.5 Å². The van der Waals surface area contributed by atoms with Gasteiger partial charge in [0.1, 0.15) is 0 Å². The fourth-order valence-electron chi connectivity index (χ4n) is 1.79. The largest absolute Gasteiger partial charge is 0.324 e. The van der Waals surface area contributed by atoms with Gasteiger partial charge in [0.05, 0.1) is 0 Å². The summed E-state index contributed by atoms with van der Waals surface area (Å²) in [5.41, 5.74) is 7.25. The summed E-state index contributed by atoms with van der Waals surface area (Å²) in [5, 5.41) is 0.733. The van der Waals surface area contributed by atoms with Gasteiger partial charge >= 0.3 is 0 Å². The van der Waals surface area contributed by atoms with Gasteiger partial charge in [-0.25, -0.2) is 0 Å². The van der Waals surface area contributed by atoms with Gasteiger partial charge in [-0.3, -0.25) is 0 Å². The quantitative estimate of drug-likeness (QED) is 0.540. The molecule has 0 aliphatic carbocycles. The fraction of sp³-hybridized carbons (Fsp3) is 0.429. The van der Waals surface area contributed by atoms with Crippen molar-refractivity contribution in [2.45, 2.75) is 38.1 Å². The molecule has 1 aromatic rings. The summed E-state index contributed by atoms with van der Waals surface area (Å²) in [6.07, 6.45) is 7.63. The smallest absolute Gasteiger partial charge is 0.0420 e. The molecule has 1 atom stereocenters. The molecule has 3 heteroatoms. The summed E-state index contributed by atoms with van der Waals surface area (Å²) < 4.78 is 0.988. The van der Waals surface area contributed by atoms with Crippen LogP contribution >= 0.6 is 27.5 Å². The predicted molar refractivity (Wildman–Crippen MR) is 79.4 cm³/mol. The van der Waals surface area contributed by atoms with Crippen molar-refractivity contribution in [3.05, 3.63) is 45.9 Å². The number of rotatable bonds is 7. The Morgan fingerprint density at radius 1 is 1.29 bits per heavy atom. The first kappa shape index (κ1) is 14.7. The SMILES string of the molecule is C=CCCCCCC(N)c1cc(Cl)cc(Br)c1. The zero-order chi connectivity index (χ0) is 12.7. The summed E-state index contributed by atoms with van der Waals surface area (Å²) >= 11 is 9.43. The average Bonchev–Trinajstić information content (AvgIpc) is 2.27. The molecule has 1 aromatic carbocycles. The van der Waals surface area contributed by atoms with Crippen LogP contribution in [0.15, 0.2) is 35.3 Å². The van der Waals surface area contributed by atoms with E-state index in [-0.39, 0.29) is 6.04 Å². The molecule has 0 fully saturated rings. The molecule has 0 radical (unpaired) electrons. The van der Waals surface area contributed by atoms with Gasteiger partial charge in [-0.05, 0) is 43.0 Å². The maximum atomic E-state index is 6.15. The van der Waals surface area contributed by atoms with E-state index in [1.54, 1.807) is 0 Å². The molecule has 17 heavy (non-hydrogen) atoms. The van der Waals surface area contributed by atoms with Crippen LogP contribution in [0.5, 0.6) is 0 Å². The Bertz CT molecular complexity index is 345. The summed E-state index contributed by atoms with van der Waals surface area (Å²) in [4.78, 5) is 0. The van der Waals surface area contributed by atoms with E-state index in [1.165, 1.54) is 12.8 Å².